The van der Waals surface area contributed by atoms with Crippen molar-refractivity contribution >= 4 is 40.3 Å². The van der Waals surface area contributed by atoms with E-state index in [1.165, 1.54) is 11.3 Å². The van der Waals surface area contributed by atoms with Crippen molar-refractivity contribution in [3.63, 3.8) is 0 Å². The van der Waals surface area contributed by atoms with Crippen molar-refractivity contribution in [1.29, 1.82) is 0 Å². The second-order valence-electron chi connectivity index (χ2n) is 1.61. The molecule has 0 spiro atoms. The molecular formula is C6H4ClNS2. The summed E-state index contributed by atoms with van der Waals surface area (Å²) in [6.07, 6.45) is 0. The van der Waals surface area contributed by atoms with E-state index in [1.807, 2.05) is 12.1 Å². The van der Waals surface area contributed by atoms with Gasteiger partial charge in [-0.3, -0.25) is 0 Å². The number of isothiocyanates is 1. The van der Waals surface area contributed by atoms with Gasteiger partial charge in [-0.25, -0.2) is 4.99 Å². The largest absolute Gasteiger partial charge is 0.227 e. The molecule has 0 aliphatic rings. The van der Waals surface area contributed by atoms with Gasteiger partial charge in [0.15, 0.2) is 0 Å². The Morgan fingerprint density at radius 2 is 2.50 bits per heavy atom. The van der Waals surface area contributed by atoms with Crippen molar-refractivity contribution in [3.8, 4) is 0 Å². The van der Waals surface area contributed by atoms with E-state index in [0.29, 0.717) is 6.54 Å². The third-order valence-corrected chi connectivity index (χ3v) is 2.27. The summed E-state index contributed by atoms with van der Waals surface area (Å²) in [4.78, 5) is 4.89. The van der Waals surface area contributed by atoms with Gasteiger partial charge in [0.1, 0.15) is 0 Å². The number of halogens is 1. The standard InChI is InChI=1S/C6H4ClNS2/c7-6-2-1-5(10-6)3-8-4-9/h1-2H,3H2. The van der Waals surface area contributed by atoms with Crippen LogP contribution in [0.1, 0.15) is 4.88 Å². The Bertz CT molecular complexity index is 262. The molecule has 0 radical (unpaired) electrons. The van der Waals surface area contributed by atoms with Crippen LogP contribution < -0.4 is 0 Å². The molecule has 0 saturated heterocycles. The van der Waals surface area contributed by atoms with E-state index in [0.717, 1.165) is 9.21 Å². The van der Waals surface area contributed by atoms with E-state index in [9.17, 15) is 0 Å². The van der Waals surface area contributed by atoms with Crippen molar-refractivity contribution < 1.29 is 0 Å². The Kier molecular flexibility index (Phi) is 3.03. The molecule has 0 saturated carbocycles. The van der Waals surface area contributed by atoms with Gasteiger partial charge >= 0.3 is 0 Å². The zero-order valence-electron chi connectivity index (χ0n) is 5.00. The number of thiophene rings is 1. The van der Waals surface area contributed by atoms with Crippen LogP contribution in [0, 0.1) is 0 Å². The lowest BCUT2D eigenvalue weighted by Gasteiger charge is -1.81. The number of nitrogens with zero attached hydrogens (tertiary/aromatic N) is 1. The summed E-state index contributed by atoms with van der Waals surface area (Å²) in [7, 11) is 0. The van der Waals surface area contributed by atoms with Gasteiger partial charge in [0.2, 0.25) is 0 Å². The number of hydrogen-bond acceptors (Lipinski definition) is 3. The normalized spacial score (nSPS) is 8.90. The van der Waals surface area contributed by atoms with Crippen LogP contribution in [0.15, 0.2) is 17.1 Å². The van der Waals surface area contributed by atoms with Crippen LogP contribution >= 0.6 is 35.2 Å². The van der Waals surface area contributed by atoms with E-state index < -0.39 is 0 Å². The first-order valence-electron chi connectivity index (χ1n) is 2.61. The summed E-state index contributed by atoms with van der Waals surface area (Å²) in [5.74, 6) is 0. The molecule has 0 aliphatic heterocycles. The van der Waals surface area contributed by atoms with E-state index in [-0.39, 0.29) is 0 Å². The Morgan fingerprint density at radius 1 is 1.70 bits per heavy atom. The lowest BCUT2D eigenvalue weighted by atomic mass is 10.5. The Morgan fingerprint density at radius 3 is 3.00 bits per heavy atom. The molecule has 1 nitrogen and oxygen atoms in total. The molecule has 10 heavy (non-hydrogen) atoms. The average molecular weight is 190 g/mol. The summed E-state index contributed by atoms with van der Waals surface area (Å²) in [5.41, 5.74) is 0. The van der Waals surface area contributed by atoms with E-state index in [2.05, 4.69) is 22.4 Å². The van der Waals surface area contributed by atoms with Crippen LogP contribution in [0.4, 0.5) is 0 Å². The zero-order chi connectivity index (χ0) is 7.40. The Labute approximate surface area is 73.4 Å². The average Bonchev–Trinajstić information content (AvgIpc) is 2.31. The topological polar surface area (TPSA) is 12.4 Å². The highest BCUT2D eigenvalue weighted by molar-refractivity contribution is 7.78. The van der Waals surface area contributed by atoms with Crippen molar-refractivity contribution in [2.24, 2.45) is 4.99 Å². The monoisotopic (exact) mass is 189 g/mol. The minimum Gasteiger partial charge on any atom is -0.227 e. The fourth-order valence-corrected chi connectivity index (χ4v) is 1.62. The summed E-state index contributed by atoms with van der Waals surface area (Å²) in [6.45, 7) is 0.598. The molecule has 0 unspecified atom stereocenters. The van der Waals surface area contributed by atoms with E-state index >= 15 is 0 Å². The van der Waals surface area contributed by atoms with Crippen molar-refractivity contribution in [2.45, 2.75) is 6.54 Å². The van der Waals surface area contributed by atoms with E-state index in [4.69, 9.17) is 11.6 Å². The van der Waals surface area contributed by atoms with Gasteiger partial charge in [-0.15, -0.1) is 11.3 Å². The van der Waals surface area contributed by atoms with Gasteiger partial charge < -0.3 is 0 Å². The molecule has 0 amide bonds. The molecule has 52 valence electrons. The smallest absolute Gasteiger partial charge is 0.0931 e. The number of rotatable bonds is 2. The summed E-state index contributed by atoms with van der Waals surface area (Å²) in [6, 6.07) is 3.78. The number of thiocarbonyl (C=S) groups is 1. The maximum Gasteiger partial charge on any atom is 0.0931 e. The highest BCUT2D eigenvalue weighted by Crippen LogP contribution is 2.21. The molecule has 1 aromatic rings. The van der Waals surface area contributed by atoms with Gasteiger partial charge in [-0.2, -0.15) is 0 Å². The fraction of sp³-hybridized carbons (Fsp3) is 0.167. The molecule has 1 heterocycles. The second-order valence-corrected chi connectivity index (χ2v) is 3.60. The molecule has 0 N–H and O–H groups in total. The molecule has 0 aliphatic carbocycles. The minimum atomic E-state index is 0.598. The molecule has 0 bridgehead atoms. The minimum absolute atomic E-state index is 0.598. The van der Waals surface area contributed by atoms with Crippen LogP contribution in [-0.4, -0.2) is 5.16 Å². The van der Waals surface area contributed by atoms with Crippen LogP contribution in [0.2, 0.25) is 4.34 Å². The van der Waals surface area contributed by atoms with Gasteiger partial charge in [-0.1, -0.05) is 11.6 Å². The van der Waals surface area contributed by atoms with Gasteiger partial charge in [0, 0.05) is 4.88 Å². The van der Waals surface area contributed by atoms with Gasteiger partial charge in [-0.05, 0) is 24.4 Å². The second kappa shape index (κ2) is 3.84. The zero-order valence-corrected chi connectivity index (χ0v) is 7.39. The molecule has 0 aromatic carbocycles. The molecule has 1 aromatic heterocycles. The molecular weight excluding hydrogens is 186 g/mol. The highest BCUT2D eigenvalue weighted by atomic mass is 35.5. The first kappa shape index (κ1) is 7.89. The third kappa shape index (κ3) is 2.20. The highest BCUT2D eigenvalue weighted by Gasteiger charge is 1.94. The van der Waals surface area contributed by atoms with Crippen molar-refractivity contribution in [1.82, 2.24) is 0 Å². The van der Waals surface area contributed by atoms with Crippen LogP contribution in [-0.2, 0) is 6.54 Å². The predicted molar refractivity (Wildman–Crippen MR) is 48.1 cm³/mol. The number of hydrogen-bond donors (Lipinski definition) is 0. The Balaban J connectivity index is 2.66. The lowest BCUT2D eigenvalue weighted by Crippen LogP contribution is -1.68. The number of aliphatic imine (C=N–C) groups is 1. The molecule has 0 atom stereocenters. The van der Waals surface area contributed by atoms with Gasteiger partial charge in [0.25, 0.3) is 0 Å². The molecule has 1 rings (SSSR count). The molecule has 4 heteroatoms. The fourth-order valence-electron chi connectivity index (χ4n) is 0.547. The van der Waals surface area contributed by atoms with Crippen LogP contribution in [0.3, 0.4) is 0 Å². The maximum atomic E-state index is 5.67. The maximum absolute atomic E-state index is 5.67. The third-order valence-electron chi connectivity index (χ3n) is 0.928. The molecule has 0 fully saturated rings. The quantitative estimate of drug-likeness (QED) is 0.515. The lowest BCUT2D eigenvalue weighted by molar-refractivity contribution is 1.12. The Hall–Kier alpha value is -0.210. The predicted octanol–water partition coefficient (Wildman–Crippen LogP) is 3.00. The first-order chi connectivity index (χ1) is 4.83. The van der Waals surface area contributed by atoms with Gasteiger partial charge in [0.05, 0.1) is 16.0 Å². The van der Waals surface area contributed by atoms with Crippen LogP contribution in [0.5, 0.6) is 0 Å². The SMILES string of the molecule is S=C=NCc1ccc(Cl)s1. The van der Waals surface area contributed by atoms with Crippen molar-refractivity contribution in [3.05, 3.63) is 21.3 Å². The summed E-state index contributed by atoms with van der Waals surface area (Å²) in [5, 5.41) is 2.30. The van der Waals surface area contributed by atoms with Crippen molar-refractivity contribution in [2.75, 3.05) is 0 Å². The first-order valence-corrected chi connectivity index (χ1v) is 4.21. The van der Waals surface area contributed by atoms with Crippen LogP contribution in [0.25, 0.3) is 0 Å². The summed E-state index contributed by atoms with van der Waals surface area (Å²) >= 11 is 11.6. The summed E-state index contributed by atoms with van der Waals surface area (Å²) < 4.78 is 0.787. The van der Waals surface area contributed by atoms with E-state index in [1.54, 1.807) is 0 Å².